The van der Waals surface area contributed by atoms with Crippen LogP contribution in [-0.4, -0.2) is 5.91 Å². The topological polar surface area (TPSA) is 50.4 Å². The van der Waals surface area contributed by atoms with Crippen molar-refractivity contribution in [3.63, 3.8) is 0 Å². The lowest BCUT2D eigenvalue weighted by Crippen LogP contribution is -2.30. The highest BCUT2D eigenvalue weighted by Crippen LogP contribution is 2.21. The van der Waals surface area contributed by atoms with Gasteiger partial charge in [0.25, 0.3) is 5.91 Å². The lowest BCUT2D eigenvalue weighted by atomic mass is 10.2. The summed E-state index contributed by atoms with van der Waals surface area (Å²) < 4.78 is 45.6. The fourth-order valence-electron chi connectivity index (χ4n) is 2.34. The van der Waals surface area contributed by atoms with Gasteiger partial charge in [0.05, 0.1) is 11.3 Å². The van der Waals surface area contributed by atoms with Gasteiger partial charge in [-0.15, -0.1) is 0 Å². The number of carbonyl (C=O) groups is 1. The normalized spacial score (nSPS) is 10.4. The highest BCUT2D eigenvalue weighted by molar-refractivity contribution is 6.30. The van der Waals surface area contributed by atoms with Crippen LogP contribution in [0, 0.1) is 17.5 Å². The molecule has 0 aliphatic carbocycles. The number of carbonyl (C=O) groups excluding carboxylic acids is 1. The van der Waals surface area contributed by atoms with E-state index in [0.29, 0.717) is 10.8 Å². The summed E-state index contributed by atoms with van der Waals surface area (Å²) in [5, 5.41) is 0.596. The maximum absolute atomic E-state index is 13.7. The van der Waals surface area contributed by atoms with Crippen LogP contribution < -0.4 is 15.6 Å². The van der Waals surface area contributed by atoms with Crippen molar-refractivity contribution in [2.24, 2.45) is 0 Å². The lowest BCUT2D eigenvalue weighted by molar-refractivity contribution is 0.0958. The molecule has 144 valence electrons. The molecule has 3 rings (SSSR count). The largest absolute Gasteiger partial charge is 0.488 e. The van der Waals surface area contributed by atoms with Gasteiger partial charge in [-0.2, -0.15) is 0 Å². The minimum absolute atomic E-state index is 0.173. The highest BCUT2D eigenvalue weighted by Gasteiger charge is 2.16. The summed E-state index contributed by atoms with van der Waals surface area (Å²) in [4.78, 5) is 12.4. The Hall–Kier alpha value is -3.19. The summed E-state index contributed by atoms with van der Waals surface area (Å²) in [6, 6.07) is 15.2. The van der Waals surface area contributed by atoms with Crippen LogP contribution in [-0.2, 0) is 6.61 Å². The van der Waals surface area contributed by atoms with E-state index in [1.54, 1.807) is 42.5 Å². The average Bonchev–Trinajstić information content (AvgIpc) is 2.71. The smallest absolute Gasteiger partial charge is 0.273 e. The molecule has 0 saturated heterocycles. The second kappa shape index (κ2) is 8.67. The number of hydrogen-bond donors (Lipinski definition) is 2. The van der Waals surface area contributed by atoms with Crippen molar-refractivity contribution in [1.29, 1.82) is 0 Å². The Morgan fingerprint density at radius 2 is 1.64 bits per heavy atom. The first-order valence-corrected chi connectivity index (χ1v) is 8.49. The quantitative estimate of drug-likeness (QED) is 0.442. The molecule has 0 aliphatic heterocycles. The van der Waals surface area contributed by atoms with Crippen molar-refractivity contribution in [2.45, 2.75) is 6.61 Å². The van der Waals surface area contributed by atoms with Gasteiger partial charge in [-0.25, -0.2) is 13.2 Å². The maximum atomic E-state index is 13.7. The van der Waals surface area contributed by atoms with E-state index in [2.05, 4.69) is 10.9 Å². The van der Waals surface area contributed by atoms with Crippen molar-refractivity contribution in [2.75, 3.05) is 5.43 Å². The molecule has 28 heavy (non-hydrogen) atoms. The van der Waals surface area contributed by atoms with E-state index < -0.39 is 29.0 Å². The standard InChI is InChI=1S/C20H14ClF3N2O2/c21-13-7-5-12(6-8-13)11-28-17-4-2-1-3-14(17)20(27)26-25-16-10-9-15(22)18(23)19(16)24/h1-10,25H,11H2,(H,26,27). The van der Waals surface area contributed by atoms with E-state index in [0.717, 1.165) is 17.7 Å². The number of nitrogens with one attached hydrogen (secondary N) is 2. The van der Waals surface area contributed by atoms with E-state index in [1.165, 1.54) is 6.07 Å². The Labute approximate surface area is 163 Å². The first kappa shape index (κ1) is 19.6. The molecule has 1 amide bonds. The van der Waals surface area contributed by atoms with Crippen LogP contribution in [0.15, 0.2) is 60.7 Å². The van der Waals surface area contributed by atoms with Crippen LogP contribution in [0.4, 0.5) is 18.9 Å². The van der Waals surface area contributed by atoms with Crippen molar-refractivity contribution in [1.82, 2.24) is 5.43 Å². The predicted octanol–water partition coefficient (Wildman–Crippen LogP) is 5.09. The summed E-state index contributed by atoms with van der Waals surface area (Å²) in [6.07, 6.45) is 0. The molecule has 8 heteroatoms. The second-order valence-electron chi connectivity index (χ2n) is 5.71. The number of amides is 1. The van der Waals surface area contributed by atoms with E-state index in [-0.39, 0.29) is 12.2 Å². The van der Waals surface area contributed by atoms with Crippen LogP contribution in [0.3, 0.4) is 0 Å². The molecular formula is C20H14ClF3N2O2. The minimum Gasteiger partial charge on any atom is -0.488 e. The first-order valence-electron chi connectivity index (χ1n) is 8.12. The monoisotopic (exact) mass is 406 g/mol. The molecule has 0 spiro atoms. The molecule has 0 saturated carbocycles. The van der Waals surface area contributed by atoms with E-state index in [9.17, 15) is 18.0 Å². The number of para-hydroxylation sites is 1. The Morgan fingerprint density at radius 1 is 0.929 bits per heavy atom. The number of hydrazine groups is 1. The molecule has 0 aromatic heterocycles. The Morgan fingerprint density at radius 3 is 2.39 bits per heavy atom. The molecule has 0 aliphatic rings. The van der Waals surface area contributed by atoms with Crippen molar-refractivity contribution in [3.8, 4) is 5.75 Å². The zero-order valence-corrected chi connectivity index (χ0v) is 15.1. The second-order valence-corrected chi connectivity index (χ2v) is 6.15. The summed E-state index contributed by atoms with van der Waals surface area (Å²) in [5.74, 6) is -4.74. The molecule has 3 aromatic rings. The predicted molar refractivity (Wildman–Crippen MR) is 99.6 cm³/mol. The highest BCUT2D eigenvalue weighted by atomic mass is 35.5. The van der Waals surface area contributed by atoms with Crippen LogP contribution in [0.2, 0.25) is 5.02 Å². The molecule has 0 unspecified atom stereocenters. The molecule has 0 bridgehead atoms. The van der Waals surface area contributed by atoms with E-state index in [1.807, 2.05) is 0 Å². The molecule has 0 heterocycles. The molecular weight excluding hydrogens is 393 g/mol. The number of anilines is 1. The van der Waals surface area contributed by atoms with Crippen molar-refractivity contribution >= 4 is 23.2 Å². The summed E-state index contributed by atoms with van der Waals surface area (Å²) in [6.45, 7) is 0.201. The fourth-order valence-corrected chi connectivity index (χ4v) is 2.46. The third-order valence-electron chi connectivity index (χ3n) is 3.79. The number of hydrogen-bond acceptors (Lipinski definition) is 3. The molecule has 4 nitrogen and oxygen atoms in total. The third-order valence-corrected chi connectivity index (χ3v) is 4.04. The van der Waals surface area contributed by atoms with Gasteiger partial charge in [0.2, 0.25) is 0 Å². The number of halogens is 4. The van der Waals surface area contributed by atoms with Gasteiger partial charge in [-0.3, -0.25) is 15.6 Å². The molecule has 3 aromatic carbocycles. The number of ether oxygens (including phenoxy) is 1. The number of benzene rings is 3. The maximum Gasteiger partial charge on any atom is 0.273 e. The van der Waals surface area contributed by atoms with Crippen LogP contribution in [0.1, 0.15) is 15.9 Å². The van der Waals surface area contributed by atoms with Gasteiger partial charge in [0.1, 0.15) is 12.4 Å². The van der Waals surface area contributed by atoms with Crippen LogP contribution >= 0.6 is 11.6 Å². The van der Waals surface area contributed by atoms with Gasteiger partial charge in [-0.05, 0) is 42.0 Å². The molecule has 0 radical (unpaired) electrons. The molecule has 0 atom stereocenters. The summed E-state index contributed by atoms with van der Waals surface area (Å²) >= 11 is 5.84. The van der Waals surface area contributed by atoms with Gasteiger partial charge >= 0.3 is 0 Å². The van der Waals surface area contributed by atoms with Gasteiger partial charge in [0.15, 0.2) is 17.5 Å². The molecule has 2 N–H and O–H groups in total. The van der Waals surface area contributed by atoms with Gasteiger partial charge < -0.3 is 4.74 Å². The average molecular weight is 407 g/mol. The third kappa shape index (κ3) is 4.55. The Balaban J connectivity index is 1.68. The van der Waals surface area contributed by atoms with Crippen LogP contribution in [0.5, 0.6) is 5.75 Å². The minimum atomic E-state index is -1.63. The summed E-state index contributed by atoms with van der Waals surface area (Å²) in [7, 11) is 0. The van der Waals surface area contributed by atoms with Gasteiger partial charge in [0, 0.05) is 5.02 Å². The van der Waals surface area contributed by atoms with Crippen molar-refractivity contribution < 1.29 is 22.7 Å². The molecule has 0 fully saturated rings. The zero-order valence-electron chi connectivity index (χ0n) is 14.3. The first-order chi connectivity index (χ1) is 13.5. The van der Waals surface area contributed by atoms with Crippen LogP contribution in [0.25, 0.3) is 0 Å². The fraction of sp³-hybridized carbons (Fsp3) is 0.0500. The van der Waals surface area contributed by atoms with E-state index >= 15 is 0 Å². The number of rotatable bonds is 6. The Kier molecular flexibility index (Phi) is 6.06. The van der Waals surface area contributed by atoms with E-state index in [4.69, 9.17) is 16.3 Å². The van der Waals surface area contributed by atoms with Crippen molar-refractivity contribution in [3.05, 3.63) is 94.3 Å². The van der Waals surface area contributed by atoms with Gasteiger partial charge in [-0.1, -0.05) is 35.9 Å². The SMILES string of the molecule is O=C(NNc1ccc(F)c(F)c1F)c1ccccc1OCc1ccc(Cl)cc1. The lowest BCUT2D eigenvalue weighted by Gasteiger charge is -2.13. The Bertz CT molecular complexity index is 997. The summed E-state index contributed by atoms with van der Waals surface area (Å²) in [5.41, 5.74) is 5.08. The zero-order chi connectivity index (χ0) is 20.1.